The van der Waals surface area contributed by atoms with Crippen LogP contribution >= 0.6 is 11.3 Å². The first-order valence-corrected chi connectivity index (χ1v) is 6.56. The molecule has 0 bridgehead atoms. The van der Waals surface area contributed by atoms with E-state index in [2.05, 4.69) is 20.8 Å². The van der Waals surface area contributed by atoms with Gasteiger partial charge in [0, 0.05) is 12.1 Å². The highest BCUT2D eigenvalue weighted by molar-refractivity contribution is 7.13. The number of hydrogen-bond donors (Lipinski definition) is 2. The normalized spacial score (nSPS) is 9.85. The third kappa shape index (κ3) is 3.51. The van der Waals surface area contributed by atoms with Gasteiger partial charge in [0.25, 0.3) is 0 Å². The molecule has 7 nitrogen and oxygen atoms in total. The molecule has 2 N–H and O–H groups in total. The molecule has 1 heterocycles. The molecule has 2 amide bonds. The fourth-order valence-electron chi connectivity index (χ4n) is 1.49. The van der Waals surface area contributed by atoms with Gasteiger partial charge in [0.05, 0.1) is 7.11 Å². The standard InChI is InChI=1S/C12H12N4O3S/c1-19-9-5-3-2-4-8(9)6-13-10(17)11(18)15-12-16-14-7-20-12/h2-5,7H,6H2,1H3,(H,13,17)(H,15,16,18). The van der Waals surface area contributed by atoms with Crippen LogP contribution in [0.1, 0.15) is 5.56 Å². The average Bonchev–Trinajstić information content (AvgIpc) is 2.97. The topological polar surface area (TPSA) is 93.2 Å². The fraction of sp³-hybridized carbons (Fsp3) is 0.167. The summed E-state index contributed by atoms with van der Waals surface area (Å²) in [6, 6.07) is 7.24. The van der Waals surface area contributed by atoms with Gasteiger partial charge in [0.2, 0.25) is 5.13 Å². The number of nitrogens with zero attached hydrogens (tertiary/aromatic N) is 2. The molecule has 0 saturated carbocycles. The number of ether oxygens (including phenoxy) is 1. The quantitative estimate of drug-likeness (QED) is 0.813. The van der Waals surface area contributed by atoms with Crippen LogP contribution in [0.4, 0.5) is 5.13 Å². The number of methoxy groups -OCH3 is 1. The summed E-state index contributed by atoms with van der Waals surface area (Å²) in [5, 5.41) is 12.3. The van der Waals surface area contributed by atoms with E-state index in [9.17, 15) is 9.59 Å². The summed E-state index contributed by atoms with van der Waals surface area (Å²) in [6.45, 7) is 0.201. The minimum absolute atomic E-state index is 0.201. The van der Waals surface area contributed by atoms with Crippen molar-refractivity contribution in [1.29, 1.82) is 0 Å². The van der Waals surface area contributed by atoms with Gasteiger partial charge >= 0.3 is 11.8 Å². The Morgan fingerprint density at radius 2 is 2.10 bits per heavy atom. The van der Waals surface area contributed by atoms with Crippen LogP contribution < -0.4 is 15.4 Å². The molecule has 104 valence electrons. The number of amides is 2. The van der Waals surface area contributed by atoms with Crippen molar-refractivity contribution < 1.29 is 14.3 Å². The maximum absolute atomic E-state index is 11.6. The molecule has 20 heavy (non-hydrogen) atoms. The predicted octanol–water partition coefficient (Wildman–Crippen LogP) is 0.802. The van der Waals surface area contributed by atoms with Gasteiger partial charge < -0.3 is 10.1 Å². The van der Waals surface area contributed by atoms with Gasteiger partial charge in [-0.05, 0) is 6.07 Å². The summed E-state index contributed by atoms with van der Waals surface area (Å²) in [6.07, 6.45) is 0. The molecule has 2 aromatic rings. The van der Waals surface area contributed by atoms with E-state index in [1.165, 1.54) is 5.51 Å². The van der Waals surface area contributed by atoms with Gasteiger partial charge in [0.1, 0.15) is 11.3 Å². The van der Waals surface area contributed by atoms with E-state index in [-0.39, 0.29) is 11.7 Å². The number of nitrogens with one attached hydrogen (secondary N) is 2. The largest absolute Gasteiger partial charge is 0.496 e. The minimum atomic E-state index is -0.781. The maximum Gasteiger partial charge on any atom is 0.315 e. The van der Waals surface area contributed by atoms with E-state index >= 15 is 0 Å². The summed E-state index contributed by atoms with van der Waals surface area (Å²) in [4.78, 5) is 23.2. The first-order valence-electron chi connectivity index (χ1n) is 5.68. The van der Waals surface area contributed by atoms with Crippen LogP contribution in [0.5, 0.6) is 5.75 Å². The molecule has 0 fully saturated rings. The highest BCUT2D eigenvalue weighted by Crippen LogP contribution is 2.16. The van der Waals surface area contributed by atoms with Crippen LogP contribution in [0.2, 0.25) is 0 Å². The van der Waals surface area contributed by atoms with Gasteiger partial charge in [-0.3, -0.25) is 14.9 Å². The monoisotopic (exact) mass is 292 g/mol. The Hall–Kier alpha value is -2.48. The van der Waals surface area contributed by atoms with Gasteiger partial charge in [-0.15, -0.1) is 10.2 Å². The van der Waals surface area contributed by atoms with Crippen LogP contribution in [-0.4, -0.2) is 29.1 Å². The number of carbonyl (C=O) groups is 2. The van der Waals surface area contributed by atoms with E-state index in [0.29, 0.717) is 5.75 Å². The van der Waals surface area contributed by atoms with Crippen LogP contribution in [0, 0.1) is 0 Å². The van der Waals surface area contributed by atoms with Crippen molar-refractivity contribution in [2.45, 2.75) is 6.54 Å². The predicted molar refractivity (Wildman–Crippen MR) is 73.4 cm³/mol. The molecule has 0 aliphatic heterocycles. The average molecular weight is 292 g/mol. The lowest BCUT2D eigenvalue weighted by molar-refractivity contribution is -0.136. The Morgan fingerprint density at radius 3 is 2.80 bits per heavy atom. The minimum Gasteiger partial charge on any atom is -0.496 e. The number of anilines is 1. The Morgan fingerprint density at radius 1 is 1.30 bits per heavy atom. The zero-order valence-electron chi connectivity index (χ0n) is 10.6. The number of hydrogen-bond acceptors (Lipinski definition) is 6. The number of rotatable bonds is 4. The van der Waals surface area contributed by atoms with Crippen LogP contribution in [0.25, 0.3) is 0 Å². The molecular weight excluding hydrogens is 280 g/mol. The van der Waals surface area contributed by atoms with Crippen molar-refractivity contribution in [3.05, 3.63) is 35.3 Å². The lowest BCUT2D eigenvalue weighted by Crippen LogP contribution is -2.35. The maximum atomic E-state index is 11.6. The summed E-state index contributed by atoms with van der Waals surface area (Å²) in [5.74, 6) is -0.875. The summed E-state index contributed by atoms with van der Waals surface area (Å²) in [5.41, 5.74) is 2.24. The summed E-state index contributed by atoms with van der Waals surface area (Å²) < 4.78 is 5.15. The number of para-hydroxylation sites is 1. The van der Waals surface area contributed by atoms with Crippen molar-refractivity contribution in [1.82, 2.24) is 15.5 Å². The molecule has 1 aromatic carbocycles. The summed E-state index contributed by atoms with van der Waals surface area (Å²) >= 11 is 1.14. The smallest absolute Gasteiger partial charge is 0.315 e. The highest BCUT2D eigenvalue weighted by atomic mass is 32.1. The molecular formula is C12H12N4O3S. The molecule has 0 radical (unpaired) electrons. The molecule has 8 heteroatoms. The van der Waals surface area contributed by atoms with E-state index in [1.807, 2.05) is 18.2 Å². The Bertz CT molecular complexity index is 601. The van der Waals surface area contributed by atoms with Gasteiger partial charge in [-0.25, -0.2) is 0 Å². The van der Waals surface area contributed by atoms with Crippen molar-refractivity contribution in [2.24, 2.45) is 0 Å². The molecule has 0 saturated heterocycles. The van der Waals surface area contributed by atoms with E-state index in [0.717, 1.165) is 16.9 Å². The van der Waals surface area contributed by atoms with Gasteiger partial charge in [-0.1, -0.05) is 29.5 Å². The Labute approximate surface area is 119 Å². The van der Waals surface area contributed by atoms with Gasteiger partial charge in [0.15, 0.2) is 0 Å². The number of carbonyl (C=O) groups excluding carboxylic acids is 2. The third-order valence-electron chi connectivity index (χ3n) is 2.42. The SMILES string of the molecule is COc1ccccc1CNC(=O)C(=O)Nc1nncs1. The lowest BCUT2D eigenvalue weighted by atomic mass is 10.2. The molecule has 1 aromatic heterocycles. The van der Waals surface area contributed by atoms with Crippen molar-refractivity contribution in [2.75, 3.05) is 12.4 Å². The van der Waals surface area contributed by atoms with Crippen LogP contribution in [0.15, 0.2) is 29.8 Å². The van der Waals surface area contributed by atoms with Crippen molar-refractivity contribution >= 4 is 28.3 Å². The highest BCUT2D eigenvalue weighted by Gasteiger charge is 2.15. The third-order valence-corrected chi connectivity index (χ3v) is 3.03. The van der Waals surface area contributed by atoms with Crippen LogP contribution in [-0.2, 0) is 16.1 Å². The lowest BCUT2D eigenvalue weighted by Gasteiger charge is -2.08. The van der Waals surface area contributed by atoms with Crippen molar-refractivity contribution in [3.63, 3.8) is 0 Å². The summed E-state index contributed by atoms with van der Waals surface area (Å²) in [7, 11) is 1.54. The van der Waals surface area contributed by atoms with Crippen LogP contribution in [0.3, 0.4) is 0 Å². The molecule has 0 aliphatic rings. The second-order valence-electron chi connectivity index (χ2n) is 3.69. The fourth-order valence-corrected chi connectivity index (χ4v) is 1.93. The van der Waals surface area contributed by atoms with E-state index in [1.54, 1.807) is 13.2 Å². The molecule has 2 rings (SSSR count). The zero-order valence-corrected chi connectivity index (χ0v) is 11.4. The second kappa shape index (κ2) is 6.62. The number of aromatic nitrogens is 2. The second-order valence-corrected chi connectivity index (χ2v) is 4.53. The molecule has 0 aliphatic carbocycles. The molecule has 0 atom stereocenters. The molecule has 0 unspecified atom stereocenters. The number of benzene rings is 1. The zero-order chi connectivity index (χ0) is 14.4. The van der Waals surface area contributed by atoms with Gasteiger partial charge in [-0.2, -0.15) is 0 Å². The molecule has 0 spiro atoms. The Balaban J connectivity index is 1.90. The first kappa shape index (κ1) is 13.9. The van der Waals surface area contributed by atoms with E-state index < -0.39 is 11.8 Å². The van der Waals surface area contributed by atoms with Crippen molar-refractivity contribution in [3.8, 4) is 5.75 Å². The van der Waals surface area contributed by atoms with E-state index in [4.69, 9.17) is 4.74 Å². The first-order chi connectivity index (χ1) is 9.70. The Kier molecular flexibility index (Phi) is 4.61.